The first-order valence-electron chi connectivity index (χ1n) is 9.41. The highest BCUT2D eigenvalue weighted by atomic mass is 32.2. The molecule has 0 amide bonds. The van der Waals surface area contributed by atoms with Gasteiger partial charge in [0, 0.05) is 31.8 Å². The van der Waals surface area contributed by atoms with Crippen LogP contribution in [0.15, 0.2) is 11.1 Å². The van der Waals surface area contributed by atoms with Crippen LogP contribution in [-0.2, 0) is 9.84 Å². The number of rotatable bonds is 4. The van der Waals surface area contributed by atoms with Gasteiger partial charge in [-0.15, -0.1) is 0 Å². The Hall–Kier alpha value is -1.25. The van der Waals surface area contributed by atoms with E-state index in [1.807, 2.05) is 13.8 Å². The summed E-state index contributed by atoms with van der Waals surface area (Å²) in [6.45, 7) is 6.98. The molecule has 3 rings (SSSR count). The molecule has 1 atom stereocenters. The highest BCUT2D eigenvalue weighted by molar-refractivity contribution is 7.90. The van der Waals surface area contributed by atoms with Crippen molar-refractivity contribution in [3.63, 3.8) is 0 Å². The number of aromatic nitrogens is 2. The molecule has 0 aromatic carbocycles. The second-order valence-corrected chi connectivity index (χ2v) is 10.1. The standard InChI is InChI=1S/C18H30N4O3S/c1-18(2,23)14-6-9-22(10-7-14)17-20-12-15(26(3,24)25)16(21-17)13-5-4-8-19-11-13/h12-14,19,23H,4-11H2,1-3H3. The van der Waals surface area contributed by atoms with Crippen molar-refractivity contribution in [2.24, 2.45) is 5.92 Å². The van der Waals surface area contributed by atoms with Gasteiger partial charge in [-0.3, -0.25) is 0 Å². The third kappa shape index (κ3) is 4.35. The molecule has 2 saturated heterocycles. The van der Waals surface area contributed by atoms with Crippen LogP contribution in [0, 0.1) is 5.92 Å². The summed E-state index contributed by atoms with van der Waals surface area (Å²) in [5, 5.41) is 13.6. The summed E-state index contributed by atoms with van der Waals surface area (Å²) in [5.74, 6) is 0.965. The SMILES string of the molecule is CC(C)(O)C1CCN(c2ncc(S(C)(=O)=O)c(C3CCCNC3)n2)CC1. The van der Waals surface area contributed by atoms with Crippen molar-refractivity contribution in [1.82, 2.24) is 15.3 Å². The number of piperidine rings is 2. The summed E-state index contributed by atoms with van der Waals surface area (Å²) in [6, 6.07) is 0. The molecule has 0 saturated carbocycles. The van der Waals surface area contributed by atoms with E-state index in [9.17, 15) is 13.5 Å². The molecule has 2 fully saturated rings. The van der Waals surface area contributed by atoms with Crippen LogP contribution < -0.4 is 10.2 Å². The van der Waals surface area contributed by atoms with E-state index in [1.54, 1.807) is 0 Å². The summed E-state index contributed by atoms with van der Waals surface area (Å²) >= 11 is 0. The van der Waals surface area contributed by atoms with Crippen LogP contribution in [0.1, 0.15) is 51.1 Å². The van der Waals surface area contributed by atoms with Gasteiger partial charge in [0.1, 0.15) is 4.90 Å². The molecule has 2 N–H and O–H groups in total. The average molecular weight is 383 g/mol. The van der Waals surface area contributed by atoms with Crippen molar-refractivity contribution in [3.05, 3.63) is 11.9 Å². The quantitative estimate of drug-likeness (QED) is 0.811. The predicted octanol–water partition coefficient (Wildman–Crippen LogP) is 1.33. The van der Waals surface area contributed by atoms with Crippen LogP contribution in [0.5, 0.6) is 0 Å². The summed E-state index contributed by atoms with van der Waals surface area (Å²) in [5.41, 5.74) is -0.0271. The largest absolute Gasteiger partial charge is 0.390 e. The molecule has 0 bridgehead atoms. The summed E-state index contributed by atoms with van der Waals surface area (Å²) in [4.78, 5) is 11.4. The van der Waals surface area contributed by atoms with Crippen LogP contribution in [0.3, 0.4) is 0 Å². The Balaban J connectivity index is 1.85. The molecule has 0 spiro atoms. The van der Waals surface area contributed by atoms with Crippen molar-refractivity contribution in [2.75, 3.05) is 37.3 Å². The molecular formula is C18H30N4O3S. The lowest BCUT2D eigenvalue weighted by atomic mass is 9.83. The van der Waals surface area contributed by atoms with Crippen LogP contribution in [0.4, 0.5) is 5.95 Å². The van der Waals surface area contributed by atoms with Crippen molar-refractivity contribution in [3.8, 4) is 0 Å². The van der Waals surface area contributed by atoms with Gasteiger partial charge in [0.25, 0.3) is 0 Å². The van der Waals surface area contributed by atoms with Gasteiger partial charge < -0.3 is 15.3 Å². The van der Waals surface area contributed by atoms with E-state index in [1.165, 1.54) is 12.5 Å². The first-order chi connectivity index (χ1) is 12.2. The Morgan fingerprint density at radius 2 is 1.96 bits per heavy atom. The number of aliphatic hydroxyl groups is 1. The van der Waals surface area contributed by atoms with Crippen molar-refractivity contribution < 1.29 is 13.5 Å². The van der Waals surface area contributed by atoms with E-state index in [-0.39, 0.29) is 16.7 Å². The third-order valence-corrected chi connectivity index (χ3v) is 6.74. The molecule has 0 aliphatic carbocycles. The highest BCUT2D eigenvalue weighted by Gasteiger charge is 2.32. The molecule has 1 aromatic rings. The Morgan fingerprint density at radius 1 is 1.27 bits per heavy atom. The molecule has 1 unspecified atom stereocenters. The maximum absolute atomic E-state index is 12.2. The zero-order chi connectivity index (χ0) is 18.9. The number of hydrogen-bond donors (Lipinski definition) is 2. The van der Waals surface area contributed by atoms with Crippen molar-refractivity contribution >= 4 is 15.8 Å². The maximum Gasteiger partial charge on any atom is 0.225 e. The highest BCUT2D eigenvalue weighted by Crippen LogP contribution is 2.32. The number of sulfone groups is 1. The topological polar surface area (TPSA) is 95.4 Å². The van der Waals surface area contributed by atoms with Crippen LogP contribution >= 0.6 is 0 Å². The summed E-state index contributed by atoms with van der Waals surface area (Å²) in [7, 11) is -3.36. The van der Waals surface area contributed by atoms with Crippen molar-refractivity contribution in [1.29, 1.82) is 0 Å². The zero-order valence-corrected chi connectivity index (χ0v) is 16.7. The molecule has 8 heteroatoms. The molecule has 7 nitrogen and oxygen atoms in total. The predicted molar refractivity (Wildman–Crippen MR) is 101 cm³/mol. The first kappa shape index (κ1) is 19.5. The molecule has 26 heavy (non-hydrogen) atoms. The van der Waals surface area contributed by atoms with E-state index in [0.717, 1.165) is 51.9 Å². The van der Waals surface area contributed by atoms with E-state index in [0.29, 0.717) is 11.6 Å². The minimum atomic E-state index is -3.36. The Labute approximate surface area is 156 Å². The van der Waals surface area contributed by atoms with E-state index in [4.69, 9.17) is 4.98 Å². The molecule has 146 valence electrons. The van der Waals surface area contributed by atoms with E-state index < -0.39 is 15.4 Å². The van der Waals surface area contributed by atoms with Crippen LogP contribution in [0.25, 0.3) is 0 Å². The number of anilines is 1. The third-order valence-electron chi connectivity index (χ3n) is 5.63. The van der Waals surface area contributed by atoms with Gasteiger partial charge in [0.2, 0.25) is 5.95 Å². The number of hydrogen-bond acceptors (Lipinski definition) is 7. The fourth-order valence-corrected chi connectivity index (χ4v) is 4.81. The normalized spacial score (nSPS) is 23.2. The number of nitrogens with zero attached hydrogens (tertiary/aromatic N) is 3. The summed E-state index contributed by atoms with van der Waals surface area (Å²) in [6.07, 6.45) is 6.41. The van der Waals surface area contributed by atoms with Crippen LogP contribution in [0.2, 0.25) is 0 Å². The molecule has 3 heterocycles. The van der Waals surface area contributed by atoms with Gasteiger partial charge in [0.05, 0.1) is 17.5 Å². The molecule has 0 radical (unpaired) electrons. The van der Waals surface area contributed by atoms with Gasteiger partial charge in [-0.2, -0.15) is 0 Å². The van der Waals surface area contributed by atoms with Gasteiger partial charge in [-0.05, 0) is 52.0 Å². The fourth-order valence-electron chi connectivity index (χ4n) is 3.98. The smallest absolute Gasteiger partial charge is 0.225 e. The zero-order valence-electron chi connectivity index (χ0n) is 15.9. The molecule has 2 aliphatic rings. The van der Waals surface area contributed by atoms with Crippen LogP contribution in [-0.4, -0.2) is 61.5 Å². The molecular weight excluding hydrogens is 352 g/mol. The second kappa shape index (κ2) is 7.40. The van der Waals surface area contributed by atoms with E-state index >= 15 is 0 Å². The van der Waals surface area contributed by atoms with Gasteiger partial charge in [-0.1, -0.05) is 0 Å². The lowest BCUT2D eigenvalue weighted by Crippen LogP contribution is -2.42. The lowest BCUT2D eigenvalue weighted by Gasteiger charge is -2.38. The van der Waals surface area contributed by atoms with Gasteiger partial charge >= 0.3 is 0 Å². The summed E-state index contributed by atoms with van der Waals surface area (Å²) < 4.78 is 24.4. The Kier molecular flexibility index (Phi) is 5.55. The van der Waals surface area contributed by atoms with Crippen molar-refractivity contribution in [2.45, 2.75) is 55.9 Å². The second-order valence-electron chi connectivity index (χ2n) is 8.15. The fraction of sp³-hybridized carbons (Fsp3) is 0.778. The lowest BCUT2D eigenvalue weighted by molar-refractivity contribution is 0.00639. The monoisotopic (exact) mass is 382 g/mol. The first-order valence-corrected chi connectivity index (χ1v) is 11.3. The van der Waals surface area contributed by atoms with Gasteiger partial charge in [-0.25, -0.2) is 18.4 Å². The maximum atomic E-state index is 12.2. The number of nitrogens with one attached hydrogen (secondary N) is 1. The molecule has 1 aromatic heterocycles. The van der Waals surface area contributed by atoms with E-state index in [2.05, 4.69) is 15.2 Å². The van der Waals surface area contributed by atoms with Gasteiger partial charge in [0.15, 0.2) is 9.84 Å². The average Bonchev–Trinajstić information content (AvgIpc) is 2.60. The Bertz CT molecular complexity index is 731. The minimum Gasteiger partial charge on any atom is -0.390 e. The Morgan fingerprint density at radius 3 is 2.50 bits per heavy atom. The minimum absolute atomic E-state index is 0.101. The molecule has 2 aliphatic heterocycles.